The summed E-state index contributed by atoms with van der Waals surface area (Å²) in [7, 11) is 3.04. The van der Waals surface area contributed by atoms with Crippen LogP contribution in [-0.4, -0.2) is 48.4 Å². The van der Waals surface area contributed by atoms with Gasteiger partial charge in [-0.05, 0) is 36.8 Å². The van der Waals surface area contributed by atoms with Crippen molar-refractivity contribution < 1.29 is 28.6 Å². The van der Waals surface area contributed by atoms with Crippen LogP contribution in [0.25, 0.3) is 0 Å². The molecule has 1 aromatic heterocycles. The highest BCUT2D eigenvalue weighted by molar-refractivity contribution is 8.00. The van der Waals surface area contributed by atoms with Crippen LogP contribution in [0.3, 0.4) is 0 Å². The fourth-order valence-electron chi connectivity index (χ4n) is 4.83. The maximum Gasteiger partial charge on any atom is 0.326 e. The second-order valence-electron chi connectivity index (χ2n) is 8.43. The van der Waals surface area contributed by atoms with Crippen molar-refractivity contribution in [3.05, 3.63) is 68.6 Å². The molecule has 0 radical (unpaired) electrons. The number of carbonyl (C=O) groups is 3. The number of nitrogens with zero attached hydrogens (tertiary/aromatic N) is 2. The van der Waals surface area contributed by atoms with Crippen molar-refractivity contribution in [3.8, 4) is 11.5 Å². The number of amides is 2. The molecule has 2 amide bonds. The first kappa shape index (κ1) is 25.1. The van der Waals surface area contributed by atoms with Crippen molar-refractivity contribution in [2.45, 2.75) is 29.7 Å². The van der Waals surface area contributed by atoms with Crippen molar-refractivity contribution in [3.63, 3.8) is 0 Å². The number of aromatic nitrogens is 1. The summed E-state index contributed by atoms with van der Waals surface area (Å²) in [6, 6.07) is 14.1. The van der Waals surface area contributed by atoms with Gasteiger partial charge in [0.05, 0.1) is 37.5 Å². The molecule has 37 heavy (non-hydrogen) atoms. The molecule has 0 N–H and O–H groups in total. The average molecular weight is 541 g/mol. The molecule has 0 spiro atoms. The van der Waals surface area contributed by atoms with Gasteiger partial charge in [0.1, 0.15) is 11.8 Å². The molecular weight excluding hydrogens is 516 g/mol. The number of thioether (sulfide) groups is 1. The van der Waals surface area contributed by atoms with Crippen molar-refractivity contribution in [2.24, 2.45) is 5.92 Å². The monoisotopic (exact) mass is 540 g/mol. The fourth-order valence-corrected chi connectivity index (χ4v) is 7.60. The molecule has 3 heterocycles. The van der Waals surface area contributed by atoms with E-state index in [-0.39, 0.29) is 29.8 Å². The van der Waals surface area contributed by atoms with E-state index in [9.17, 15) is 19.2 Å². The average Bonchev–Trinajstić information content (AvgIpc) is 3.35. The SMILES string of the molecule is CCOC(=O)Cn1c2c(sc1=O)[C@H](c1ccc(OC)c(OC)c1)C1C(=O)N(c3ccccc3)C(=O)C1S2. The Bertz CT molecular complexity index is 1430. The maximum absolute atomic E-state index is 13.9. The van der Waals surface area contributed by atoms with E-state index in [0.717, 1.165) is 23.1 Å². The predicted molar refractivity (Wildman–Crippen MR) is 139 cm³/mol. The highest BCUT2D eigenvalue weighted by atomic mass is 32.2. The molecule has 2 aromatic carbocycles. The van der Waals surface area contributed by atoms with Gasteiger partial charge in [-0.2, -0.15) is 0 Å². The van der Waals surface area contributed by atoms with E-state index in [1.807, 2.05) is 12.1 Å². The minimum atomic E-state index is -0.777. The zero-order valence-corrected chi connectivity index (χ0v) is 22.0. The van der Waals surface area contributed by atoms with Crippen molar-refractivity contribution in [1.82, 2.24) is 4.57 Å². The van der Waals surface area contributed by atoms with Gasteiger partial charge in [0.25, 0.3) is 0 Å². The van der Waals surface area contributed by atoms with Crippen LogP contribution in [0.2, 0.25) is 0 Å². The smallest absolute Gasteiger partial charge is 0.326 e. The molecule has 3 aromatic rings. The van der Waals surface area contributed by atoms with Crippen LogP contribution < -0.4 is 19.2 Å². The van der Waals surface area contributed by atoms with Crippen molar-refractivity contribution in [2.75, 3.05) is 25.7 Å². The Labute approximate surface area is 220 Å². The summed E-state index contributed by atoms with van der Waals surface area (Å²) in [6.45, 7) is 1.61. The molecule has 9 nitrogen and oxygen atoms in total. The number of fused-ring (bicyclic) bond motifs is 2. The molecule has 5 rings (SSSR count). The van der Waals surface area contributed by atoms with Crippen LogP contribution in [-0.2, 0) is 25.7 Å². The molecule has 11 heteroatoms. The summed E-state index contributed by atoms with van der Waals surface area (Å²) in [5.74, 6) is -1.62. The fraction of sp³-hybridized carbons (Fsp3) is 0.308. The van der Waals surface area contributed by atoms with Gasteiger partial charge in [-0.25, -0.2) is 4.90 Å². The summed E-state index contributed by atoms with van der Waals surface area (Å²) in [5, 5.41) is -0.277. The van der Waals surface area contributed by atoms with E-state index in [0.29, 0.717) is 32.7 Å². The summed E-state index contributed by atoms with van der Waals surface area (Å²) in [5.41, 5.74) is 1.20. The third kappa shape index (κ3) is 4.21. The Morgan fingerprint density at radius 1 is 0.973 bits per heavy atom. The zero-order chi connectivity index (χ0) is 26.3. The second kappa shape index (κ2) is 10.1. The molecule has 2 unspecified atom stereocenters. The van der Waals surface area contributed by atoms with Crippen LogP contribution in [0.15, 0.2) is 58.4 Å². The van der Waals surface area contributed by atoms with Gasteiger partial charge in [0, 0.05) is 10.8 Å². The number of carbonyl (C=O) groups excluding carboxylic acids is 3. The molecule has 0 saturated carbocycles. The Kier molecular flexibility index (Phi) is 6.82. The third-order valence-corrected chi connectivity index (χ3v) is 9.03. The first-order chi connectivity index (χ1) is 17.9. The number of ether oxygens (including phenoxy) is 3. The van der Waals surface area contributed by atoms with E-state index in [1.54, 1.807) is 43.3 Å². The molecule has 0 aliphatic carbocycles. The van der Waals surface area contributed by atoms with Crippen LogP contribution in [0.4, 0.5) is 5.69 Å². The second-order valence-corrected chi connectivity index (χ2v) is 10.6. The zero-order valence-electron chi connectivity index (χ0n) is 20.3. The van der Waals surface area contributed by atoms with E-state index in [1.165, 1.54) is 23.7 Å². The van der Waals surface area contributed by atoms with Gasteiger partial charge in [-0.1, -0.05) is 47.4 Å². The molecule has 2 aliphatic heterocycles. The van der Waals surface area contributed by atoms with Crippen LogP contribution in [0.5, 0.6) is 11.5 Å². The van der Waals surface area contributed by atoms with Gasteiger partial charge in [-0.15, -0.1) is 0 Å². The Morgan fingerprint density at radius 3 is 2.38 bits per heavy atom. The molecule has 1 fully saturated rings. The van der Waals surface area contributed by atoms with E-state index >= 15 is 0 Å². The molecule has 3 atom stereocenters. The predicted octanol–water partition coefficient (Wildman–Crippen LogP) is 3.29. The summed E-state index contributed by atoms with van der Waals surface area (Å²) in [4.78, 5) is 54.4. The largest absolute Gasteiger partial charge is 0.493 e. The number of hydrogen-bond donors (Lipinski definition) is 0. The van der Waals surface area contributed by atoms with Gasteiger partial charge >= 0.3 is 10.8 Å². The Hall–Kier alpha value is -3.57. The quantitative estimate of drug-likeness (QED) is 0.332. The number of rotatable bonds is 7. The number of para-hydroxylation sites is 1. The maximum atomic E-state index is 13.9. The first-order valence-corrected chi connectivity index (χ1v) is 13.3. The van der Waals surface area contributed by atoms with Gasteiger partial charge in [0.15, 0.2) is 11.5 Å². The van der Waals surface area contributed by atoms with Gasteiger partial charge in [-0.3, -0.25) is 23.7 Å². The molecular formula is C26H24N2O7S2. The van der Waals surface area contributed by atoms with E-state index < -0.39 is 23.1 Å². The molecule has 2 aliphatic rings. The number of anilines is 1. The minimum absolute atomic E-state index is 0.186. The summed E-state index contributed by atoms with van der Waals surface area (Å²) < 4.78 is 17.3. The Morgan fingerprint density at radius 2 is 1.70 bits per heavy atom. The molecule has 1 saturated heterocycles. The van der Waals surface area contributed by atoms with Crippen molar-refractivity contribution >= 4 is 46.6 Å². The van der Waals surface area contributed by atoms with Crippen LogP contribution in [0, 0.1) is 5.92 Å². The number of methoxy groups -OCH3 is 2. The number of hydrogen-bond acceptors (Lipinski definition) is 9. The lowest BCUT2D eigenvalue weighted by molar-refractivity contribution is -0.144. The first-order valence-electron chi connectivity index (χ1n) is 11.6. The minimum Gasteiger partial charge on any atom is -0.493 e. The lowest BCUT2D eigenvalue weighted by Crippen LogP contribution is -2.32. The van der Waals surface area contributed by atoms with Crippen LogP contribution in [0.1, 0.15) is 23.3 Å². The topological polar surface area (TPSA) is 104 Å². The molecule has 0 bridgehead atoms. The molecule has 192 valence electrons. The summed E-state index contributed by atoms with van der Waals surface area (Å²) in [6.07, 6.45) is 0. The highest BCUT2D eigenvalue weighted by Crippen LogP contribution is 2.54. The highest BCUT2D eigenvalue weighted by Gasteiger charge is 2.57. The number of benzene rings is 2. The Balaban J connectivity index is 1.67. The van der Waals surface area contributed by atoms with Gasteiger partial charge in [0.2, 0.25) is 11.8 Å². The summed E-state index contributed by atoms with van der Waals surface area (Å²) >= 11 is 2.14. The number of esters is 1. The number of imide groups is 1. The van der Waals surface area contributed by atoms with E-state index in [4.69, 9.17) is 14.2 Å². The lowest BCUT2D eigenvalue weighted by atomic mass is 9.83. The number of thiazole rings is 1. The third-order valence-electron chi connectivity index (χ3n) is 6.42. The van der Waals surface area contributed by atoms with Crippen molar-refractivity contribution in [1.29, 1.82) is 0 Å². The van der Waals surface area contributed by atoms with E-state index in [2.05, 4.69) is 0 Å². The van der Waals surface area contributed by atoms with Crippen LogP contribution >= 0.6 is 23.1 Å². The van der Waals surface area contributed by atoms with Gasteiger partial charge < -0.3 is 14.2 Å². The standard InChI is InChI=1S/C26H24N2O7S2/c1-4-35-18(29)13-27-25-22(37-26(27)32)19(14-10-11-16(33-2)17(12-14)34-3)20-21(36-25)24(31)28(23(20)30)15-8-6-5-7-9-15/h5-12,19-21H,4,13H2,1-3H3/t19-,20?,21?/m1/s1. The normalized spacial score (nSPS) is 20.4. The lowest BCUT2D eigenvalue weighted by Gasteiger charge is -2.31.